The molecule has 5 nitrogen and oxygen atoms in total. The second kappa shape index (κ2) is 5.77. The summed E-state index contributed by atoms with van der Waals surface area (Å²) in [6.45, 7) is 0.982. The largest absolute Gasteiger partial charge is 0.367 e. The number of fused-ring (bicyclic) bond motifs is 2. The van der Waals surface area contributed by atoms with E-state index in [0.29, 0.717) is 19.7 Å². The van der Waals surface area contributed by atoms with Crippen molar-refractivity contribution < 1.29 is 18.4 Å². The van der Waals surface area contributed by atoms with Gasteiger partial charge in [0.05, 0.1) is 30.2 Å². The second-order valence-corrected chi connectivity index (χ2v) is 6.44. The highest BCUT2D eigenvalue weighted by molar-refractivity contribution is 5.55. The maximum atomic E-state index is 14.4. The lowest BCUT2D eigenvalue weighted by Crippen LogP contribution is -2.49. The van der Waals surface area contributed by atoms with Crippen LogP contribution in [0.15, 0.2) is 36.4 Å². The summed E-state index contributed by atoms with van der Waals surface area (Å²) in [6.07, 6.45) is 1.61. The van der Waals surface area contributed by atoms with E-state index in [1.54, 1.807) is 4.90 Å². The van der Waals surface area contributed by atoms with Crippen molar-refractivity contribution in [1.82, 2.24) is 0 Å². The summed E-state index contributed by atoms with van der Waals surface area (Å²) in [7, 11) is 0. The molecule has 2 aromatic rings. The smallest absolute Gasteiger partial charge is 0.275 e. The number of nitro groups is 1. The molecule has 0 amide bonds. The molecule has 0 N–H and O–H groups in total. The van der Waals surface area contributed by atoms with Gasteiger partial charge in [-0.25, -0.2) is 8.78 Å². The lowest BCUT2D eigenvalue weighted by molar-refractivity contribution is -0.385. The number of rotatable bonds is 2. The van der Waals surface area contributed by atoms with Crippen LogP contribution < -0.4 is 4.90 Å². The van der Waals surface area contributed by atoms with Crippen molar-refractivity contribution in [3.05, 3.63) is 69.3 Å². The number of nitro benzene ring substituents is 1. The van der Waals surface area contributed by atoms with E-state index in [0.717, 1.165) is 30.5 Å². The summed E-state index contributed by atoms with van der Waals surface area (Å²) in [5.74, 6) is -1.84. The number of halogens is 2. The van der Waals surface area contributed by atoms with Crippen molar-refractivity contribution in [3.8, 4) is 0 Å². The fourth-order valence-corrected chi connectivity index (χ4v) is 3.90. The molecule has 1 atom stereocenters. The summed E-state index contributed by atoms with van der Waals surface area (Å²) in [4.78, 5) is 11.6. The molecule has 1 unspecified atom stereocenters. The van der Waals surface area contributed by atoms with Crippen molar-refractivity contribution in [2.75, 3.05) is 24.6 Å². The van der Waals surface area contributed by atoms with Gasteiger partial charge >= 0.3 is 0 Å². The molecular weight excluding hydrogens is 330 g/mol. The highest BCUT2D eigenvalue weighted by Crippen LogP contribution is 2.43. The molecule has 1 saturated heterocycles. The van der Waals surface area contributed by atoms with E-state index in [9.17, 15) is 18.9 Å². The van der Waals surface area contributed by atoms with Crippen molar-refractivity contribution in [3.63, 3.8) is 0 Å². The number of aryl methyl sites for hydroxylation is 1. The maximum absolute atomic E-state index is 14.4. The lowest BCUT2D eigenvalue weighted by Gasteiger charge is -2.42. The number of hydrogen-bond acceptors (Lipinski definition) is 4. The van der Waals surface area contributed by atoms with Crippen LogP contribution in [0.1, 0.15) is 17.5 Å². The third-order valence-electron chi connectivity index (χ3n) is 5.02. The van der Waals surface area contributed by atoms with Crippen LogP contribution in [0, 0.1) is 21.7 Å². The van der Waals surface area contributed by atoms with Gasteiger partial charge in [-0.2, -0.15) is 0 Å². The summed E-state index contributed by atoms with van der Waals surface area (Å²) < 4.78 is 34.9. The molecular formula is C18H16F2N2O3. The Hall–Kier alpha value is -2.54. The monoisotopic (exact) mass is 346 g/mol. The maximum Gasteiger partial charge on any atom is 0.275 e. The molecule has 2 aliphatic rings. The van der Waals surface area contributed by atoms with E-state index in [-0.39, 0.29) is 5.69 Å². The van der Waals surface area contributed by atoms with Crippen LogP contribution in [0.3, 0.4) is 0 Å². The van der Waals surface area contributed by atoms with Crippen LogP contribution in [0.2, 0.25) is 0 Å². The molecule has 25 heavy (non-hydrogen) atoms. The molecule has 1 spiro atoms. The van der Waals surface area contributed by atoms with Crippen molar-refractivity contribution in [1.29, 1.82) is 0 Å². The third kappa shape index (κ3) is 2.55. The number of non-ortho nitro benzene ring substituents is 1. The van der Waals surface area contributed by atoms with Crippen LogP contribution in [0.5, 0.6) is 0 Å². The van der Waals surface area contributed by atoms with Gasteiger partial charge in [0.15, 0.2) is 11.6 Å². The first-order valence-electron chi connectivity index (χ1n) is 8.11. The number of anilines is 1. The topological polar surface area (TPSA) is 55.6 Å². The zero-order valence-corrected chi connectivity index (χ0v) is 13.4. The van der Waals surface area contributed by atoms with Gasteiger partial charge in [-0.1, -0.05) is 24.3 Å². The Kier molecular flexibility index (Phi) is 3.68. The molecule has 1 fully saturated rings. The first-order valence-corrected chi connectivity index (χ1v) is 8.11. The van der Waals surface area contributed by atoms with Crippen LogP contribution in [0.25, 0.3) is 0 Å². The fraction of sp³-hybridized carbons (Fsp3) is 0.333. The van der Waals surface area contributed by atoms with E-state index in [1.807, 2.05) is 24.3 Å². The number of ether oxygens (including phenoxy) is 1. The Morgan fingerprint density at radius 2 is 1.92 bits per heavy atom. The van der Waals surface area contributed by atoms with E-state index in [1.165, 1.54) is 5.56 Å². The lowest BCUT2D eigenvalue weighted by atomic mass is 9.93. The average Bonchev–Trinajstić information content (AvgIpc) is 2.93. The molecule has 1 aliphatic heterocycles. The number of morpholine rings is 1. The van der Waals surface area contributed by atoms with E-state index in [4.69, 9.17) is 4.74 Å². The van der Waals surface area contributed by atoms with Gasteiger partial charge in [0.25, 0.3) is 5.69 Å². The zero-order valence-electron chi connectivity index (χ0n) is 13.4. The van der Waals surface area contributed by atoms with Gasteiger partial charge in [0, 0.05) is 6.54 Å². The predicted molar refractivity (Wildman–Crippen MR) is 87.6 cm³/mol. The second-order valence-electron chi connectivity index (χ2n) is 6.44. The SMILES string of the molecule is O=[N+]([O-])c1cc(F)c(N2CCOC3(CCc4ccccc43)C2)c(F)c1. The van der Waals surface area contributed by atoms with E-state index >= 15 is 0 Å². The van der Waals surface area contributed by atoms with Crippen molar-refractivity contribution in [2.45, 2.75) is 18.4 Å². The average molecular weight is 346 g/mol. The Balaban J connectivity index is 1.71. The third-order valence-corrected chi connectivity index (χ3v) is 5.02. The zero-order chi connectivity index (χ0) is 17.6. The summed E-state index contributed by atoms with van der Waals surface area (Å²) in [6, 6.07) is 9.47. The summed E-state index contributed by atoms with van der Waals surface area (Å²) in [5.41, 5.74) is 0.845. The first-order chi connectivity index (χ1) is 12.0. The van der Waals surface area contributed by atoms with Gasteiger partial charge in [-0.05, 0) is 24.0 Å². The number of benzene rings is 2. The van der Waals surface area contributed by atoms with Gasteiger partial charge in [0.1, 0.15) is 11.3 Å². The summed E-state index contributed by atoms with van der Waals surface area (Å²) in [5, 5.41) is 10.8. The summed E-state index contributed by atoms with van der Waals surface area (Å²) >= 11 is 0. The van der Waals surface area contributed by atoms with Crippen molar-refractivity contribution >= 4 is 11.4 Å². The van der Waals surface area contributed by atoms with Crippen molar-refractivity contribution in [2.24, 2.45) is 0 Å². The molecule has 7 heteroatoms. The molecule has 0 radical (unpaired) electrons. The number of nitrogens with zero attached hydrogens (tertiary/aromatic N) is 2. The first kappa shape index (κ1) is 16.0. The van der Waals surface area contributed by atoms with Gasteiger partial charge in [-0.3, -0.25) is 10.1 Å². The minimum atomic E-state index is -0.921. The molecule has 130 valence electrons. The molecule has 4 rings (SSSR count). The highest BCUT2D eigenvalue weighted by atomic mass is 19.1. The highest BCUT2D eigenvalue weighted by Gasteiger charge is 2.44. The van der Waals surface area contributed by atoms with Crippen LogP contribution in [-0.4, -0.2) is 24.6 Å². The Bertz CT molecular complexity index is 831. The van der Waals surface area contributed by atoms with Crippen LogP contribution >= 0.6 is 0 Å². The van der Waals surface area contributed by atoms with Crippen LogP contribution in [-0.2, 0) is 16.8 Å². The molecule has 2 aromatic carbocycles. The molecule has 0 aromatic heterocycles. The quantitative estimate of drug-likeness (QED) is 0.616. The normalized spacial score (nSPS) is 22.2. The fourth-order valence-electron chi connectivity index (χ4n) is 3.90. The van der Waals surface area contributed by atoms with E-state index in [2.05, 4.69) is 0 Å². The Morgan fingerprint density at radius 3 is 2.64 bits per heavy atom. The minimum Gasteiger partial charge on any atom is -0.367 e. The Labute approximate surface area is 143 Å². The molecule has 0 saturated carbocycles. The number of hydrogen-bond donors (Lipinski definition) is 0. The predicted octanol–water partition coefficient (Wildman–Crippen LogP) is 3.55. The molecule has 0 bridgehead atoms. The van der Waals surface area contributed by atoms with Crippen LogP contribution in [0.4, 0.5) is 20.2 Å². The standard InChI is InChI=1S/C18H16F2N2O3/c19-15-9-13(22(23)24)10-16(20)17(15)21-7-8-25-18(11-21)6-5-12-3-1-2-4-14(12)18/h1-4,9-10H,5-8,11H2. The Morgan fingerprint density at radius 1 is 1.20 bits per heavy atom. The van der Waals surface area contributed by atoms with Gasteiger partial charge in [0.2, 0.25) is 0 Å². The van der Waals surface area contributed by atoms with Gasteiger partial charge in [-0.15, -0.1) is 0 Å². The van der Waals surface area contributed by atoms with Gasteiger partial charge < -0.3 is 9.64 Å². The molecule has 1 aliphatic carbocycles. The molecule has 1 heterocycles. The van der Waals surface area contributed by atoms with E-state index < -0.39 is 27.8 Å². The minimum absolute atomic E-state index is 0.224.